The average molecular weight is 751 g/mol. The number of aliphatic hydroxyl groups excluding tert-OH is 2. The molecule has 0 heterocycles. The molecule has 3 atom stereocenters. The number of hydrogen-bond donors (Lipinski definition) is 3. The van der Waals surface area contributed by atoms with Crippen LogP contribution in [0.3, 0.4) is 0 Å². The molecule has 10 nitrogen and oxygen atoms in total. The lowest BCUT2D eigenvalue weighted by atomic mass is 10.0. The van der Waals surface area contributed by atoms with Crippen molar-refractivity contribution in [3.63, 3.8) is 0 Å². The van der Waals surface area contributed by atoms with Gasteiger partial charge in [-0.15, -0.1) is 0 Å². The molecule has 0 rings (SSSR count). The van der Waals surface area contributed by atoms with Gasteiger partial charge in [0.15, 0.2) is 0 Å². The number of aliphatic hydroxyl groups is 2. The molecule has 0 aliphatic heterocycles. The number of rotatable bonds is 40. The Kier molecular flexibility index (Phi) is 36.5. The molecule has 0 saturated heterocycles. The lowest BCUT2D eigenvalue weighted by molar-refractivity contribution is -0.153. The summed E-state index contributed by atoms with van der Waals surface area (Å²) in [4.78, 5) is 34.1. The van der Waals surface area contributed by atoms with Crippen LogP contribution in [0.1, 0.15) is 206 Å². The molecule has 0 fully saturated rings. The van der Waals surface area contributed by atoms with Gasteiger partial charge in [-0.25, -0.2) is 4.57 Å². The highest BCUT2D eigenvalue weighted by Crippen LogP contribution is 2.43. The molecule has 0 radical (unpaired) electrons. The molecule has 0 aromatic rings. The molecule has 0 spiro atoms. The molecule has 0 aliphatic rings. The minimum Gasteiger partial charge on any atom is -0.457 e. The molecular weight excluding hydrogens is 671 g/mol. The lowest BCUT2D eigenvalue weighted by Crippen LogP contribution is -2.28. The summed E-state index contributed by atoms with van der Waals surface area (Å²) in [5, 5.41) is 19.0. The Labute approximate surface area is 312 Å². The fourth-order valence-electron chi connectivity index (χ4n) is 6.06. The molecule has 51 heavy (non-hydrogen) atoms. The number of ether oxygens (including phenoxy) is 2. The maximum atomic E-state index is 12.2. The SMILES string of the molecule is CCCCCCCCCCCCCCCCCCCCCCCCCC(=O)OC(CO)COP(=O)(O)OCC(CO)OC(=O)CCCCCCC. The quantitative estimate of drug-likeness (QED) is 0.0314. The number of carbonyl (C=O) groups is 2. The first kappa shape index (κ1) is 50.0. The zero-order valence-electron chi connectivity index (χ0n) is 32.8. The highest BCUT2D eigenvalue weighted by Gasteiger charge is 2.27. The smallest absolute Gasteiger partial charge is 0.457 e. The Morgan fingerprint density at radius 3 is 0.922 bits per heavy atom. The zero-order chi connectivity index (χ0) is 37.7. The van der Waals surface area contributed by atoms with Crippen molar-refractivity contribution in [1.29, 1.82) is 0 Å². The van der Waals surface area contributed by atoms with Crippen LogP contribution >= 0.6 is 7.82 Å². The third-order valence-electron chi connectivity index (χ3n) is 9.32. The van der Waals surface area contributed by atoms with E-state index in [4.69, 9.17) is 18.5 Å². The van der Waals surface area contributed by atoms with Gasteiger partial charge in [0.05, 0.1) is 26.4 Å². The fraction of sp³-hybridized carbons (Fsp3) is 0.950. The van der Waals surface area contributed by atoms with Gasteiger partial charge in [0.2, 0.25) is 0 Å². The summed E-state index contributed by atoms with van der Waals surface area (Å²) in [5.41, 5.74) is 0. The van der Waals surface area contributed by atoms with E-state index < -0.39 is 58.4 Å². The van der Waals surface area contributed by atoms with Gasteiger partial charge in [-0.1, -0.05) is 181 Å². The first-order valence-electron chi connectivity index (χ1n) is 21.0. The zero-order valence-corrected chi connectivity index (χ0v) is 33.7. The van der Waals surface area contributed by atoms with Crippen molar-refractivity contribution in [2.75, 3.05) is 26.4 Å². The van der Waals surface area contributed by atoms with Crippen molar-refractivity contribution in [3.8, 4) is 0 Å². The summed E-state index contributed by atoms with van der Waals surface area (Å²) < 4.78 is 32.3. The molecule has 304 valence electrons. The Hall–Kier alpha value is -1.03. The van der Waals surface area contributed by atoms with Crippen LogP contribution in [0.4, 0.5) is 0 Å². The minimum absolute atomic E-state index is 0.191. The topological polar surface area (TPSA) is 149 Å². The molecule has 0 aromatic carbocycles. The van der Waals surface area contributed by atoms with Gasteiger partial charge >= 0.3 is 19.8 Å². The van der Waals surface area contributed by atoms with Gasteiger partial charge in [-0.05, 0) is 12.8 Å². The van der Waals surface area contributed by atoms with Crippen LogP contribution in [-0.4, -0.2) is 65.7 Å². The minimum atomic E-state index is -4.61. The summed E-state index contributed by atoms with van der Waals surface area (Å²) in [5.74, 6) is -1.02. The molecule has 3 N–H and O–H groups in total. The summed E-state index contributed by atoms with van der Waals surface area (Å²) in [6.45, 7) is 2.12. The molecule has 11 heteroatoms. The second-order valence-electron chi connectivity index (χ2n) is 14.3. The number of phosphoric acid groups is 1. The van der Waals surface area contributed by atoms with E-state index in [0.717, 1.165) is 44.9 Å². The monoisotopic (exact) mass is 751 g/mol. The molecular formula is C40H79O10P. The summed E-state index contributed by atoms with van der Waals surface area (Å²) in [6.07, 6.45) is 32.9. The molecule has 0 saturated carbocycles. The van der Waals surface area contributed by atoms with E-state index in [0.29, 0.717) is 12.8 Å². The highest BCUT2D eigenvalue weighted by atomic mass is 31.2. The Morgan fingerprint density at radius 1 is 0.451 bits per heavy atom. The second kappa shape index (κ2) is 37.3. The van der Waals surface area contributed by atoms with Crippen LogP contribution in [0.2, 0.25) is 0 Å². The van der Waals surface area contributed by atoms with E-state index in [1.807, 2.05) is 0 Å². The van der Waals surface area contributed by atoms with Crippen LogP contribution < -0.4 is 0 Å². The summed E-state index contributed by atoms with van der Waals surface area (Å²) in [7, 11) is -4.61. The average Bonchev–Trinajstić information content (AvgIpc) is 3.12. The van der Waals surface area contributed by atoms with Crippen molar-refractivity contribution in [1.82, 2.24) is 0 Å². The molecule has 0 bridgehead atoms. The van der Waals surface area contributed by atoms with Crippen LogP contribution in [0.5, 0.6) is 0 Å². The Balaban J connectivity index is 3.73. The fourth-order valence-corrected chi connectivity index (χ4v) is 6.84. The van der Waals surface area contributed by atoms with Crippen LogP contribution in [0.25, 0.3) is 0 Å². The van der Waals surface area contributed by atoms with E-state index in [9.17, 15) is 29.3 Å². The second-order valence-corrected chi connectivity index (χ2v) is 15.8. The third-order valence-corrected chi connectivity index (χ3v) is 10.3. The van der Waals surface area contributed by atoms with Gasteiger partial charge in [0.25, 0.3) is 0 Å². The number of carbonyl (C=O) groups excluding carboxylic acids is 2. The van der Waals surface area contributed by atoms with Gasteiger partial charge < -0.3 is 24.6 Å². The van der Waals surface area contributed by atoms with E-state index in [-0.39, 0.29) is 12.8 Å². The maximum Gasteiger partial charge on any atom is 0.472 e. The van der Waals surface area contributed by atoms with Gasteiger partial charge in [-0.2, -0.15) is 0 Å². The van der Waals surface area contributed by atoms with Crippen molar-refractivity contribution in [3.05, 3.63) is 0 Å². The largest absolute Gasteiger partial charge is 0.472 e. The third kappa shape index (κ3) is 35.8. The van der Waals surface area contributed by atoms with Gasteiger partial charge in [0, 0.05) is 12.8 Å². The lowest BCUT2D eigenvalue weighted by Gasteiger charge is -2.20. The Morgan fingerprint density at radius 2 is 0.686 bits per heavy atom. The van der Waals surface area contributed by atoms with E-state index in [1.54, 1.807) is 0 Å². The van der Waals surface area contributed by atoms with Crippen LogP contribution in [-0.2, 0) is 32.7 Å². The van der Waals surface area contributed by atoms with Crippen molar-refractivity contribution in [2.24, 2.45) is 0 Å². The number of hydrogen-bond acceptors (Lipinski definition) is 9. The summed E-state index contributed by atoms with van der Waals surface area (Å²) >= 11 is 0. The van der Waals surface area contributed by atoms with Gasteiger partial charge in [0.1, 0.15) is 12.2 Å². The van der Waals surface area contributed by atoms with Crippen molar-refractivity contribution < 1.29 is 47.8 Å². The van der Waals surface area contributed by atoms with Crippen molar-refractivity contribution >= 4 is 19.8 Å². The molecule has 0 aliphatic carbocycles. The number of esters is 2. The van der Waals surface area contributed by atoms with Crippen molar-refractivity contribution in [2.45, 2.75) is 219 Å². The predicted molar refractivity (Wildman–Crippen MR) is 206 cm³/mol. The van der Waals surface area contributed by atoms with E-state index in [1.165, 1.54) is 122 Å². The standard InChI is InChI=1S/C40H79O10P/c1-3-5-7-9-10-11-12-13-14-15-16-17-18-19-20-21-22-23-24-25-26-28-30-32-40(44)50-38(34-42)36-48-51(45,46)47-35-37(33-41)49-39(43)31-29-27-8-6-4-2/h37-38,41-42H,3-36H2,1-2H3,(H,45,46). The predicted octanol–water partition coefficient (Wildman–Crippen LogP) is 10.7. The molecule has 3 unspecified atom stereocenters. The first-order valence-corrected chi connectivity index (χ1v) is 22.5. The summed E-state index contributed by atoms with van der Waals surface area (Å²) in [6, 6.07) is 0. The van der Waals surface area contributed by atoms with E-state index in [2.05, 4.69) is 13.8 Å². The van der Waals surface area contributed by atoms with E-state index >= 15 is 0 Å². The Bertz CT molecular complexity index is 827. The van der Waals surface area contributed by atoms with Gasteiger partial charge in [-0.3, -0.25) is 18.6 Å². The highest BCUT2D eigenvalue weighted by molar-refractivity contribution is 7.47. The molecule has 0 aromatic heterocycles. The van der Waals surface area contributed by atoms with Crippen LogP contribution in [0, 0.1) is 0 Å². The normalized spacial score (nSPS) is 13.9. The maximum absolute atomic E-state index is 12.2. The number of phosphoric ester groups is 1. The number of unbranched alkanes of at least 4 members (excludes halogenated alkanes) is 26. The molecule has 0 amide bonds. The van der Waals surface area contributed by atoms with Crippen LogP contribution in [0.15, 0.2) is 0 Å². The first-order chi connectivity index (χ1) is 24.8.